The molecule has 10 nitrogen and oxygen atoms in total. The average molecular weight is 893 g/mol. The first kappa shape index (κ1) is 46.7. The monoisotopic (exact) mass is 892 g/mol. The maximum absolute atomic E-state index is 14.2. The number of aliphatic hydroxyl groups is 1. The summed E-state index contributed by atoms with van der Waals surface area (Å²) in [5.41, 5.74) is 5.09. The Hall–Kier alpha value is -7.28. The third-order valence-corrected chi connectivity index (χ3v) is 11.0. The average Bonchev–Trinajstić information content (AvgIpc) is 3.87. The van der Waals surface area contributed by atoms with Crippen LogP contribution in [0.2, 0.25) is 0 Å². The van der Waals surface area contributed by atoms with Gasteiger partial charge in [0, 0.05) is 70.9 Å². The fraction of sp³-hybridized carbons (Fsp3) is 0.222. The van der Waals surface area contributed by atoms with Crippen molar-refractivity contribution in [2.75, 3.05) is 38.1 Å². The number of aliphatic hydroxyl groups excluding tert-OH is 1. The number of rotatable bonds is 17. The molecule has 0 fully saturated rings. The summed E-state index contributed by atoms with van der Waals surface area (Å²) < 4.78 is 48.2. The first-order valence-corrected chi connectivity index (χ1v) is 21.7. The Kier molecular flexibility index (Phi) is 15.0. The zero-order valence-corrected chi connectivity index (χ0v) is 37.6. The maximum atomic E-state index is 14.2. The zero-order chi connectivity index (χ0) is 46.8. The van der Waals surface area contributed by atoms with Gasteiger partial charge in [0.2, 0.25) is 0 Å². The minimum atomic E-state index is -0.661. The summed E-state index contributed by atoms with van der Waals surface area (Å²) in [5.74, 6) is 0.382. The lowest BCUT2D eigenvalue weighted by Gasteiger charge is -2.20. The lowest BCUT2D eigenvalue weighted by Crippen LogP contribution is -2.22. The number of ether oxygens (including phenoxy) is 3. The van der Waals surface area contributed by atoms with E-state index in [-0.39, 0.29) is 36.1 Å². The molecule has 2 atom stereocenters. The van der Waals surface area contributed by atoms with Gasteiger partial charge in [-0.05, 0) is 92.6 Å². The molecule has 8 aromatic rings. The molecule has 0 saturated heterocycles. The van der Waals surface area contributed by atoms with Crippen LogP contribution in [0.15, 0.2) is 158 Å². The molecule has 340 valence electrons. The Bertz CT molecular complexity index is 2910. The molecule has 2 aromatic heterocycles. The molecule has 2 unspecified atom stereocenters. The van der Waals surface area contributed by atoms with Gasteiger partial charge in [0.25, 0.3) is 0 Å². The summed E-state index contributed by atoms with van der Waals surface area (Å²) in [6.45, 7) is 7.08. The minimum Gasteiger partial charge on any atom is -0.497 e. The van der Waals surface area contributed by atoms with Crippen LogP contribution in [0.5, 0.6) is 11.5 Å². The molecule has 66 heavy (non-hydrogen) atoms. The number of carbonyl (C=O) groups excluding carboxylic acids is 2. The van der Waals surface area contributed by atoms with Crippen LogP contribution in [-0.2, 0) is 17.8 Å². The van der Waals surface area contributed by atoms with Crippen molar-refractivity contribution in [3.05, 3.63) is 192 Å². The molecule has 0 spiro atoms. The van der Waals surface area contributed by atoms with E-state index in [1.165, 1.54) is 24.3 Å². The number of fused-ring (bicyclic) bond motifs is 2. The molecular weight excluding hydrogens is 839 g/mol. The van der Waals surface area contributed by atoms with Crippen LogP contribution in [0.1, 0.15) is 64.7 Å². The number of aromatic nitrogens is 2. The van der Waals surface area contributed by atoms with E-state index in [9.17, 15) is 23.5 Å². The summed E-state index contributed by atoms with van der Waals surface area (Å²) in [6.07, 6.45) is 3.49. The molecule has 8 rings (SSSR count). The second-order valence-corrected chi connectivity index (χ2v) is 16.6. The third-order valence-electron chi connectivity index (χ3n) is 11.0. The number of hydrogen-bond donors (Lipinski definition) is 3. The van der Waals surface area contributed by atoms with Gasteiger partial charge in [0.1, 0.15) is 35.2 Å². The molecule has 0 bridgehead atoms. The molecule has 2 heterocycles. The van der Waals surface area contributed by atoms with E-state index < -0.39 is 17.9 Å². The Labute approximate surface area is 383 Å². The number of hydrogen-bond acceptors (Lipinski definition) is 8. The highest BCUT2D eigenvalue weighted by Gasteiger charge is 2.28. The largest absolute Gasteiger partial charge is 0.497 e. The molecule has 6 aromatic carbocycles. The van der Waals surface area contributed by atoms with Gasteiger partial charge in [-0.1, -0.05) is 72.8 Å². The highest BCUT2D eigenvalue weighted by Crippen LogP contribution is 2.33. The highest BCUT2D eigenvalue weighted by molar-refractivity contribution is 6.12. The van der Waals surface area contributed by atoms with Gasteiger partial charge in [0.05, 0.1) is 44.1 Å². The number of halogens is 2. The maximum Gasteiger partial charge on any atom is 0.191 e. The zero-order valence-electron chi connectivity index (χ0n) is 37.6. The van der Waals surface area contributed by atoms with Crippen LogP contribution >= 0.6 is 0 Å². The third kappa shape index (κ3) is 11.3. The quantitative estimate of drug-likeness (QED) is 0.0774. The van der Waals surface area contributed by atoms with E-state index in [1.54, 1.807) is 37.1 Å². The number of Topliss-reactive ketones (excluding diaryl/α,β-unsaturated/α-hetero) is 2. The molecule has 0 saturated carbocycles. The van der Waals surface area contributed by atoms with E-state index in [4.69, 9.17) is 14.2 Å². The van der Waals surface area contributed by atoms with Crippen LogP contribution in [0.25, 0.3) is 21.8 Å². The molecular formula is C54H54F2N4O6. The van der Waals surface area contributed by atoms with Crippen molar-refractivity contribution in [1.82, 2.24) is 9.13 Å². The van der Waals surface area contributed by atoms with Crippen molar-refractivity contribution < 1.29 is 37.7 Å². The van der Waals surface area contributed by atoms with Gasteiger partial charge >= 0.3 is 0 Å². The number of anilines is 2. The van der Waals surface area contributed by atoms with Crippen molar-refractivity contribution >= 4 is 44.7 Å². The van der Waals surface area contributed by atoms with E-state index in [2.05, 4.69) is 10.6 Å². The Morgan fingerprint density at radius 3 is 1.44 bits per heavy atom. The molecule has 0 radical (unpaired) electrons. The van der Waals surface area contributed by atoms with Crippen LogP contribution in [-0.4, -0.2) is 58.8 Å². The molecule has 0 aliphatic rings. The normalized spacial score (nSPS) is 12.2. The Morgan fingerprint density at radius 1 is 0.591 bits per heavy atom. The van der Waals surface area contributed by atoms with Crippen LogP contribution in [0.4, 0.5) is 20.2 Å². The number of nitrogens with zero attached hydrogens (tertiary/aromatic N) is 2. The standard InChI is InChI=1S/C29H31FN2O3.C25H23FN2O3/c1-29(2,3)35-16-15-32-19-25(24-14-13-21(30)17-26(24)32)28(33)27(20-9-6-5-7-10-20)31-22-11-8-12-23(18-22)34-4;1-31-20-9-5-8-19(15-20)27-24(17-6-3-2-4-7-17)25(30)22-16-28(12-13-29)23-14-18(26)10-11-21(22)23/h5-14,17-19,27,31H,15-16H2,1-4H3;2-11,14-16,24,27,29H,12-13H2,1H3. The van der Waals surface area contributed by atoms with Gasteiger partial charge in [0.15, 0.2) is 11.6 Å². The van der Waals surface area contributed by atoms with Crippen LogP contribution in [0, 0.1) is 11.6 Å². The Balaban J connectivity index is 0.000000198. The molecule has 3 N–H and O–H groups in total. The van der Waals surface area contributed by atoms with E-state index >= 15 is 0 Å². The van der Waals surface area contributed by atoms with Crippen molar-refractivity contribution in [3.8, 4) is 11.5 Å². The van der Waals surface area contributed by atoms with Gasteiger partial charge < -0.3 is 39.1 Å². The number of methoxy groups -OCH3 is 2. The smallest absolute Gasteiger partial charge is 0.191 e. The molecule has 0 amide bonds. The first-order chi connectivity index (χ1) is 31.8. The predicted molar refractivity (Wildman–Crippen MR) is 257 cm³/mol. The van der Waals surface area contributed by atoms with Crippen molar-refractivity contribution in [2.24, 2.45) is 0 Å². The number of benzene rings is 6. The SMILES string of the molecule is COc1cccc(NC(C(=O)c2cn(CCO)c3cc(F)ccc23)c2ccccc2)c1.COc1cccc(NC(C(=O)c2cn(CCOC(C)(C)C)c3cc(F)ccc23)c2ccccc2)c1. The number of nitrogens with one attached hydrogen (secondary N) is 2. The van der Waals surface area contributed by atoms with E-state index in [0.717, 1.165) is 22.5 Å². The Morgan fingerprint density at radius 2 is 1.03 bits per heavy atom. The first-order valence-electron chi connectivity index (χ1n) is 21.7. The number of ketones is 2. The molecule has 0 aliphatic carbocycles. The van der Waals surface area contributed by atoms with Crippen LogP contribution in [0.3, 0.4) is 0 Å². The lowest BCUT2D eigenvalue weighted by molar-refractivity contribution is -0.00647. The summed E-state index contributed by atoms with van der Waals surface area (Å²) in [6, 6.07) is 41.4. The minimum absolute atomic E-state index is 0.105. The summed E-state index contributed by atoms with van der Waals surface area (Å²) in [7, 11) is 3.20. The second-order valence-electron chi connectivity index (χ2n) is 16.6. The summed E-state index contributed by atoms with van der Waals surface area (Å²) in [5, 5.41) is 17.5. The number of carbonyl (C=O) groups is 2. The van der Waals surface area contributed by atoms with Gasteiger partial charge in [-0.3, -0.25) is 9.59 Å². The van der Waals surface area contributed by atoms with E-state index in [0.29, 0.717) is 57.6 Å². The predicted octanol–water partition coefficient (Wildman–Crippen LogP) is 11.5. The van der Waals surface area contributed by atoms with Gasteiger partial charge in [-0.15, -0.1) is 0 Å². The van der Waals surface area contributed by atoms with Crippen molar-refractivity contribution in [3.63, 3.8) is 0 Å². The van der Waals surface area contributed by atoms with E-state index in [1.807, 2.05) is 141 Å². The topological polar surface area (TPSA) is 116 Å². The molecule has 12 heteroatoms. The lowest BCUT2D eigenvalue weighted by atomic mass is 9.96. The fourth-order valence-electron chi connectivity index (χ4n) is 7.81. The van der Waals surface area contributed by atoms with Gasteiger partial charge in [-0.25, -0.2) is 8.78 Å². The molecule has 0 aliphatic heterocycles. The second kappa shape index (κ2) is 21.1. The van der Waals surface area contributed by atoms with Gasteiger partial charge in [-0.2, -0.15) is 0 Å². The van der Waals surface area contributed by atoms with Crippen molar-refractivity contribution in [1.29, 1.82) is 0 Å². The summed E-state index contributed by atoms with van der Waals surface area (Å²) in [4.78, 5) is 27.8. The highest BCUT2D eigenvalue weighted by atomic mass is 19.1. The fourth-order valence-corrected chi connectivity index (χ4v) is 7.81. The summed E-state index contributed by atoms with van der Waals surface area (Å²) >= 11 is 0. The van der Waals surface area contributed by atoms with Crippen molar-refractivity contribution in [2.45, 2.75) is 51.5 Å². The van der Waals surface area contributed by atoms with Crippen LogP contribution < -0.4 is 20.1 Å².